The molecule has 0 aliphatic heterocycles. The van der Waals surface area contributed by atoms with Crippen LogP contribution in [-0.4, -0.2) is 46.0 Å². The highest BCUT2D eigenvalue weighted by Gasteiger charge is 1.87. The third-order valence-electron chi connectivity index (χ3n) is 0.975. The molecule has 0 saturated carbocycles. The largest absolute Gasteiger partial charge is 0.356 e. The number of hydrogen-bond donors (Lipinski definition) is 1. The molecule has 0 radical (unpaired) electrons. The SMILES string of the molecule is CN(C)NC=O.COC(C)OC. The molecule has 1 N–H and O–H groups in total. The van der Waals surface area contributed by atoms with Gasteiger partial charge in [0, 0.05) is 28.3 Å². The minimum Gasteiger partial charge on any atom is -0.356 e. The van der Waals surface area contributed by atoms with Crippen molar-refractivity contribution < 1.29 is 14.3 Å². The fourth-order valence-electron chi connectivity index (χ4n) is 0.202. The number of carbonyl (C=O) groups is 1. The zero-order valence-electron chi connectivity index (χ0n) is 8.33. The van der Waals surface area contributed by atoms with Crippen LogP contribution in [0, 0.1) is 0 Å². The molecule has 0 aromatic rings. The van der Waals surface area contributed by atoms with Gasteiger partial charge in [-0.15, -0.1) is 0 Å². The van der Waals surface area contributed by atoms with E-state index in [0.717, 1.165) is 0 Å². The van der Waals surface area contributed by atoms with E-state index in [1.807, 2.05) is 6.92 Å². The fourth-order valence-corrected chi connectivity index (χ4v) is 0.202. The lowest BCUT2D eigenvalue weighted by Crippen LogP contribution is -2.28. The molecule has 0 aliphatic rings. The van der Waals surface area contributed by atoms with Crippen LogP contribution in [0.1, 0.15) is 6.92 Å². The summed E-state index contributed by atoms with van der Waals surface area (Å²) in [5, 5.41) is 1.56. The van der Waals surface area contributed by atoms with Crippen molar-refractivity contribution in [3.05, 3.63) is 0 Å². The van der Waals surface area contributed by atoms with Crippen LogP contribution < -0.4 is 5.43 Å². The molecule has 74 valence electrons. The number of nitrogens with zero attached hydrogens (tertiary/aromatic N) is 1. The Hall–Kier alpha value is -0.650. The Balaban J connectivity index is 0. The van der Waals surface area contributed by atoms with Crippen molar-refractivity contribution in [1.82, 2.24) is 10.4 Å². The van der Waals surface area contributed by atoms with Crippen molar-refractivity contribution >= 4 is 6.41 Å². The molecule has 0 aliphatic carbocycles. The molecule has 0 unspecified atom stereocenters. The summed E-state index contributed by atoms with van der Waals surface area (Å²) in [4.78, 5) is 9.46. The monoisotopic (exact) mass is 178 g/mol. The van der Waals surface area contributed by atoms with Gasteiger partial charge in [0.2, 0.25) is 6.41 Å². The van der Waals surface area contributed by atoms with Gasteiger partial charge in [-0.05, 0) is 6.92 Å². The number of rotatable bonds is 4. The van der Waals surface area contributed by atoms with Crippen LogP contribution in [0.5, 0.6) is 0 Å². The quantitative estimate of drug-likeness (QED) is 0.369. The van der Waals surface area contributed by atoms with E-state index in [1.54, 1.807) is 33.3 Å². The lowest BCUT2D eigenvalue weighted by Gasteiger charge is -2.03. The number of amides is 1. The van der Waals surface area contributed by atoms with Crippen molar-refractivity contribution in [3.63, 3.8) is 0 Å². The Labute approximate surface area is 73.6 Å². The topological polar surface area (TPSA) is 50.8 Å². The van der Waals surface area contributed by atoms with Crippen LogP contribution in [-0.2, 0) is 14.3 Å². The van der Waals surface area contributed by atoms with E-state index in [1.165, 1.54) is 0 Å². The van der Waals surface area contributed by atoms with E-state index in [-0.39, 0.29) is 6.29 Å². The predicted octanol–water partition coefficient (Wildman–Crippen LogP) is -0.166. The van der Waals surface area contributed by atoms with Crippen molar-refractivity contribution in [3.8, 4) is 0 Å². The molecule has 0 fully saturated rings. The summed E-state index contributed by atoms with van der Waals surface area (Å²) in [5.41, 5.74) is 2.36. The van der Waals surface area contributed by atoms with Gasteiger partial charge in [-0.3, -0.25) is 10.2 Å². The molecule has 0 saturated heterocycles. The number of hydrogen-bond acceptors (Lipinski definition) is 4. The summed E-state index contributed by atoms with van der Waals surface area (Å²) in [6, 6.07) is 0. The van der Waals surface area contributed by atoms with Crippen LogP contribution in [0.4, 0.5) is 0 Å². The number of nitrogens with one attached hydrogen (secondary N) is 1. The molecule has 0 heterocycles. The lowest BCUT2D eigenvalue weighted by molar-refractivity contribution is -0.112. The third kappa shape index (κ3) is 16.2. The van der Waals surface area contributed by atoms with Gasteiger partial charge in [-0.1, -0.05) is 0 Å². The second kappa shape index (κ2) is 10.3. The van der Waals surface area contributed by atoms with Crippen LogP contribution in [0.3, 0.4) is 0 Å². The lowest BCUT2D eigenvalue weighted by atomic mass is 10.8. The summed E-state index contributed by atoms with van der Waals surface area (Å²) in [6.45, 7) is 1.83. The maximum Gasteiger partial charge on any atom is 0.221 e. The first-order chi connectivity index (χ1) is 5.58. The zero-order valence-corrected chi connectivity index (χ0v) is 8.33. The van der Waals surface area contributed by atoms with Crippen molar-refractivity contribution in [2.75, 3.05) is 28.3 Å². The molecular weight excluding hydrogens is 160 g/mol. The Kier molecular flexibility index (Phi) is 12.0. The third-order valence-corrected chi connectivity index (χ3v) is 0.975. The highest BCUT2D eigenvalue weighted by molar-refractivity contribution is 5.44. The second-order valence-corrected chi connectivity index (χ2v) is 2.18. The Morgan fingerprint density at radius 2 is 1.75 bits per heavy atom. The molecule has 12 heavy (non-hydrogen) atoms. The molecule has 0 aromatic carbocycles. The van der Waals surface area contributed by atoms with Crippen LogP contribution >= 0.6 is 0 Å². The highest BCUT2D eigenvalue weighted by Crippen LogP contribution is 1.82. The predicted molar refractivity (Wildman–Crippen MR) is 46.4 cm³/mol. The minimum absolute atomic E-state index is 0.0648. The molecule has 0 aromatic heterocycles. The molecule has 0 spiro atoms. The van der Waals surface area contributed by atoms with E-state index < -0.39 is 0 Å². The molecule has 0 atom stereocenters. The average Bonchev–Trinajstić information content (AvgIpc) is 2.04. The number of methoxy groups -OCH3 is 2. The van der Waals surface area contributed by atoms with Crippen LogP contribution in [0.15, 0.2) is 0 Å². The summed E-state index contributed by atoms with van der Waals surface area (Å²) >= 11 is 0. The van der Waals surface area contributed by atoms with Crippen molar-refractivity contribution in [2.24, 2.45) is 0 Å². The molecule has 0 bridgehead atoms. The van der Waals surface area contributed by atoms with Gasteiger partial charge in [0.1, 0.15) is 0 Å². The summed E-state index contributed by atoms with van der Waals surface area (Å²) in [6.07, 6.45) is 0.560. The number of ether oxygens (including phenoxy) is 2. The first-order valence-corrected chi connectivity index (χ1v) is 3.51. The van der Waals surface area contributed by atoms with Gasteiger partial charge in [0.15, 0.2) is 6.29 Å². The first-order valence-electron chi connectivity index (χ1n) is 3.51. The molecular formula is C7H18N2O3. The summed E-state index contributed by atoms with van der Waals surface area (Å²) in [5.74, 6) is 0. The zero-order chi connectivity index (χ0) is 9.98. The Morgan fingerprint density at radius 3 is 1.75 bits per heavy atom. The normalized spacial score (nSPS) is 9.25. The van der Waals surface area contributed by atoms with Crippen LogP contribution in [0.2, 0.25) is 0 Å². The molecule has 1 amide bonds. The minimum atomic E-state index is -0.0648. The van der Waals surface area contributed by atoms with E-state index in [9.17, 15) is 4.79 Å². The summed E-state index contributed by atoms with van der Waals surface area (Å²) < 4.78 is 9.35. The van der Waals surface area contributed by atoms with Gasteiger partial charge < -0.3 is 9.47 Å². The molecule has 5 heteroatoms. The maximum atomic E-state index is 9.46. The van der Waals surface area contributed by atoms with Gasteiger partial charge in [0.05, 0.1) is 0 Å². The smallest absolute Gasteiger partial charge is 0.221 e. The van der Waals surface area contributed by atoms with Gasteiger partial charge in [-0.25, -0.2) is 5.01 Å². The first kappa shape index (κ1) is 13.9. The van der Waals surface area contributed by atoms with Crippen molar-refractivity contribution in [1.29, 1.82) is 0 Å². The van der Waals surface area contributed by atoms with E-state index in [2.05, 4.69) is 14.9 Å². The van der Waals surface area contributed by atoms with E-state index in [0.29, 0.717) is 6.41 Å². The standard InChI is InChI=1S/C4H10O2.C3H8N2O/c1-4(5-2)6-3;1-5(2)4-3-6/h4H,1-3H3;3H,1-2H3,(H,4,6). The van der Waals surface area contributed by atoms with Crippen LogP contribution in [0.25, 0.3) is 0 Å². The Morgan fingerprint density at radius 1 is 1.33 bits per heavy atom. The van der Waals surface area contributed by atoms with E-state index >= 15 is 0 Å². The van der Waals surface area contributed by atoms with E-state index in [4.69, 9.17) is 0 Å². The number of hydrazine groups is 1. The molecule has 0 rings (SSSR count). The number of carbonyl (C=O) groups excluding carboxylic acids is 1. The fraction of sp³-hybridized carbons (Fsp3) is 0.857. The summed E-state index contributed by atoms with van der Waals surface area (Å²) in [7, 11) is 6.70. The Bertz CT molecular complexity index is 94.7. The van der Waals surface area contributed by atoms with Gasteiger partial charge in [0.25, 0.3) is 0 Å². The average molecular weight is 178 g/mol. The second-order valence-electron chi connectivity index (χ2n) is 2.18. The van der Waals surface area contributed by atoms with Crippen molar-refractivity contribution in [2.45, 2.75) is 13.2 Å². The molecule has 5 nitrogen and oxygen atoms in total. The van der Waals surface area contributed by atoms with Gasteiger partial charge in [-0.2, -0.15) is 0 Å². The maximum absolute atomic E-state index is 9.46. The van der Waals surface area contributed by atoms with Gasteiger partial charge >= 0.3 is 0 Å². The highest BCUT2D eigenvalue weighted by atomic mass is 16.7.